The van der Waals surface area contributed by atoms with E-state index in [9.17, 15) is 9.18 Å². The highest BCUT2D eigenvalue weighted by molar-refractivity contribution is 7.19. The molecule has 3 aromatic heterocycles. The summed E-state index contributed by atoms with van der Waals surface area (Å²) in [5, 5.41) is 4.14. The second-order valence-corrected chi connectivity index (χ2v) is 11.2. The van der Waals surface area contributed by atoms with Gasteiger partial charge >= 0.3 is 6.09 Å². The molecular formula is C25H25FN4O2S2. The average Bonchev–Trinajstić information content (AvgIpc) is 3.40. The van der Waals surface area contributed by atoms with E-state index >= 15 is 0 Å². The van der Waals surface area contributed by atoms with Gasteiger partial charge in [-0.15, -0.1) is 22.7 Å². The van der Waals surface area contributed by atoms with Crippen LogP contribution < -0.4 is 5.32 Å². The van der Waals surface area contributed by atoms with Crippen LogP contribution in [0.15, 0.2) is 42.0 Å². The number of anilines is 2. The first-order valence-electron chi connectivity index (χ1n) is 11.1. The van der Waals surface area contributed by atoms with Gasteiger partial charge in [0.05, 0.1) is 33.1 Å². The maximum absolute atomic E-state index is 14.7. The van der Waals surface area contributed by atoms with Gasteiger partial charge in [0.1, 0.15) is 16.2 Å². The van der Waals surface area contributed by atoms with E-state index in [0.717, 1.165) is 43.0 Å². The van der Waals surface area contributed by atoms with Gasteiger partial charge in [-0.1, -0.05) is 6.08 Å². The maximum Gasteiger partial charge on any atom is 0.410 e. The Morgan fingerprint density at radius 1 is 1.24 bits per heavy atom. The number of halogens is 1. The van der Waals surface area contributed by atoms with E-state index in [2.05, 4.69) is 27.4 Å². The zero-order valence-electron chi connectivity index (χ0n) is 19.4. The van der Waals surface area contributed by atoms with Gasteiger partial charge in [-0.05, 0) is 64.0 Å². The number of amides is 1. The van der Waals surface area contributed by atoms with E-state index < -0.39 is 5.60 Å². The second kappa shape index (κ2) is 8.63. The minimum absolute atomic E-state index is 0.127. The minimum Gasteiger partial charge on any atom is -0.444 e. The number of fused-ring (bicyclic) bond motifs is 2. The summed E-state index contributed by atoms with van der Waals surface area (Å²) in [6.45, 7) is 8.25. The molecule has 0 unspecified atom stereocenters. The Bertz CT molecular complexity index is 1420. The molecule has 0 saturated carbocycles. The molecule has 1 aliphatic heterocycles. The van der Waals surface area contributed by atoms with E-state index in [-0.39, 0.29) is 18.0 Å². The molecule has 0 spiro atoms. The molecule has 34 heavy (non-hydrogen) atoms. The van der Waals surface area contributed by atoms with Crippen molar-refractivity contribution >= 4 is 66.1 Å². The number of thiophene rings is 1. The fourth-order valence-corrected chi connectivity index (χ4v) is 5.91. The summed E-state index contributed by atoms with van der Waals surface area (Å²) in [4.78, 5) is 25.2. The quantitative estimate of drug-likeness (QED) is 0.325. The predicted octanol–water partition coefficient (Wildman–Crippen LogP) is 7.20. The van der Waals surface area contributed by atoms with Crippen LogP contribution in [0.4, 0.5) is 20.6 Å². The molecule has 1 atom stereocenters. The molecule has 176 valence electrons. The van der Waals surface area contributed by atoms with Crippen molar-refractivity contribution in [2.24, 2.45) is 0 Å². The van der Waals surface area contributed by atoms with Crippen molar-refractivity contribution < 1.29 is 13.9 Å². The highest BCUT2D eigenvalue weighted by atomic mass is 32.1. The third kappa shape index (κ3) is 4.37. The summed E-state index contributed by atoms with van der Waals surface area (Å²) in [5.41, 5.74) is 4.14. The number of ether oxygens (including phenoxy) is 1. The van der Waals surface area contributed by atoms with Gasteiger partial charge in [0, 0.05) is 23.0 Å². The Labute approximate surface area is 205 Å². The number of hydrogen-bond donors (Lipinski definition) is 1. The molecule has 6 nitrogen and oxygen atoms in total. The van der Waals surface area contributed by atoms with Crippen LogP contribution >= 0.6 is 22.7 Å². The van der Waals surface area contributed by atoms with Crippen LogP contribution in [0.2, 0.25) is 0 Å². The average molecular weight is 497 g/mol. The lowest BCUT2D eigenvalue weighted by Gasteiger charge is -2.35. The van der Waals surface area contributed by atoms with E-state index in [4.69, 9.17) is 4.74 Å². The summed E-state index contributed by atoms with van der Waals surface area (Å²) in [5.74, 6) is -0.325. The molecule has 4 aromatic rings. The van der Waals surface area contributed by atoms with Crippen molar-refractivity contribution in [3.63, 3.8) is 0 Å². The molecular weight excluding hydrogens is 471 g/mol. The Hall–Kier alpha value is -3.04. The number of carbonyl (C=O) groups excluding carboxylic acids is 1. The number of aromatic nitrogens is 2. The first kappa shape index (κ1) is 22.7. The van der Waals surface area contributed by atoms with E-state index in [1.54, 1.807) is 34.0 Å². The number of nitrogens with one attached hydrogen (secondary N) is 1. The number of hydrogen-bond acceptors (Lipinski definition) is 7. The van der Waals surface area contributed by atoms with Crippen LogP contribution in [-0.4, -0.2) is 39.1 Å². The van der Waals surface area contributed by atoms with Crippen LogP contribution in [0.5, 0.6) is 0 Å². The molecule has 9 heteroatoms. The third-order valence-electron chi connectivity index (χ3n) is 5.69. The first-order valence-corrected chi connectivity index (χ1v) is 12.8. The molecule has 1 aliphatic rings. The van der Waals surface area contributed by atoms with Gasteiger partial charge < -0.3 is 15.0 Å². The fourth-order valence-electron chi connectivity index (χ4n) is 4.08. The van der Waals surface area contributed by atoms with Gasteiger partial charge in [0.2, 0.25) is 0 Å². The molecule has 0 radical (unpaired) electrons. The van der Waals surface area contributed by atoms with Gasteiger partial charge in [0.25, 0.3) is 0 Å². The van der Waals surface area contributed by atoms with Crippen LogP contribution in [0.25, 0.3) is 26.0 Å². The zero-order valence-corrected chi connectivity index (χ0v) is 21.0. The fraction of sp³-hybridized carbons (Fsp3) is 0.320. The minimum atomic E-state index is -0.545. The van der Waals surface area contributed by atoms with Crippen molar-refractivity contribution in [1.82, 2.24) is 14.9 Å². The summed E-state index contributed by atoms with van der Waals surface area (Å²) in [6.07, 6.45) is 4.35. The molecule has 1 aromatic carbocycles. The summed E-state index contributed by atoms with van der Waals surface area (Å²) >= 11 is 2.98. The van der Waals surface area contributed by atoms with Crippen LogP contribution in [0.3, 0.4) is 0 Å². The largest absolute Gasteiger partial charge is 0.444 e. The molecule has 5 rings (SSSR count). The number of nitrogens with zero attached hydrogens (tertiary/aromatic N) is 3. The molecule has 0 bridgehead atoms. The topological polar surface area (TPSA) is 67.4 Å². The first-order chi connectivity index (χ1) is 16.2. The van der Waals surface area contributed by atoms with Gasteiger partial charge in [0.15, 0.2) is 0 Å². The van der Waals surface area contributed by atoms with Crippen molar-refractivity contribution in [3.8, 4) is 0 Å². The highest BCUT2D eigenvalue weighted by Gasteiger charge is 2.31. The number of pyridine rings is 1. The van der Waals surface area contributed by atoms with Crippen molar-refractivity contribution in [3.05, 3.63) is 52.7 Å². The van der Waals surface area contributed by atoms with Gasteiger partial charge in [-0.2, -0.15) is 0 Å². The lowest BCUT2D eigenvalue weighted by atomic mass is 10.00. The normalized spacial score (nSPS) is 16.7. The van der Waals surface area contributed by atoms with E-state index in [1.807, 2.05) is 33.8 Å². The summed E-state index contributed by atoms with van der Waals surface area (Å²) < 4.78 is 21.1. The monoisotopic (exact) mass is 496 g/mol. The second-order valence-electron chi connectivity index (χ2n) is 9.26. The lowest BCUT2D eigenvalue weighted by Crippen LogP contribution is -2.44. The Morgan fingerprint density at radius 3 is 2.85 bits per heavy atom. The Balaban J connectivity index is 1.45. The number of carbonyl (C=O) groups is 1. The molecule has 0 fully saturated rings. The molecule has 0 aliphatic carbocycles. The third-order valence-corrected chi connectivity index (χ3v) is 7.57. The zero-order chi connectivity index (χ0) is 24.0. The number of rotatable bonds is 3. The lowest BCUT2D eigenvalue weighted by molar-refractivity contribution is 0.0214. The van der Waals surface area contributed by atoms with Crippen molar-refractivity contribution in [2.45, 2.75) is 45.8 Å². The summed E-state index contributed by atoms with van der Waals surface area (Å²) in [6, 6.07) is 7.01. The SMILES string of the molecule is C[C@H]1C(c2cc3c(Nc4cc5ncsc5cc4F)ccnc3s2)=CCCN1C(=O)OC(C)(C)C. The predicted molar refractivity (Wildman–Crippen MR) is 137 cm³/mol. The molecule has 1 amide bonds. The van der Waals surface area contributed by atoms with E-state index in [0.29, 0.717) is 12.2 Å². The standard InChI is InChI=1S/C25H25FN4O2S2/c1-14-15(6-5-9-30(14)24(31)32-25(2,3)4)21-10-16-18(7-8-27-23(16)34-21)29-19-12-20-22(11-17(19)26)33-13-28-20/h6-8,10-14H,5,9H2,1-4H3,(H,27,29)/t14-/m0/s1. The van der Waals surface area contributed by atoms with Crippen molar-refractivity contribution in [1.29, 1.82) is 0 Å². The van der Waals surface area contributed by atoms with E-state index in [1.165, 1.54) is 17.4 Å². The van der Waals surface area contributed by atoms with Gasteiger partial charge in [-0.3, -0.25) is 0 Å². The molecule has 1 N–H and O–H groups in total. The number of thiazole rings is 1. The van der Waals surface area contributed by atoms with Crippen LogP contribution in [0.1, 0.15) is 39.0 Å². The molecule has 4 heterocycles. The Morgan fingerprint density at radius 2 is 2.06 bits per heavy atom. The van der Waals surface area contributed by atoms with Crippen molar-refractivity contribution in [2.75, 3.05) is 11.9 Å². The number of benzene rings is 1. The van der Waals surface area contributed by atoms with Crippen LogP contribution in [0, 0.1) is 5.82 Å². The smallest absolute Gasteiger partial charge is 0.410 e. The highest BCUT2D eigenvalue weighted by Crippen LogP contribution is 2.38. The van der Waals surface area contributed by atoms with Crippen LogP contribution in [-0.2, 0) is 4.74 Å². The van der Waals surface area contributed by atoms with Gasteiger partial charge in [-0.25, -0.2) is 19.2 Å². The molecule has 0 saturated heterocycles. The Kier molecular flexibility index (Phi) is 5.77. The summed E-state index contributed by atoms with van der Waals surface area (Å²) in [7, 11) is 0. The maximum atomic E-state index is 14.7.